The number of hydrogen-bond acceptors (Lipinski definition) is 9. The predicted molar refractivity (Wildman–Crippen MR) is 80.4 cm³/mol. The van der Waals surface area contributed by atoms with Crippen LogP contribution in [0.1, 0.15) is 0 Å². The minimum atomic E-state index is -1.51. The second-order valence-corrected chi connectivity index (χ2v) is 5.32. The second kappa shape index (κ2) is 8.18. The van der Waals surface area contributed by atoms with Crippen LogP contribution in [0.25, 0.3) is 0 Å². The molecule has 138 valence electrons. The molecule has 0 saturated carbocycles. The average Bonchev–Trinajstić information content (AvgIpc) is 2.57. The minimum absolute atomic E-state index is 0.149. The van der Waals surface area contributed by atoms with Gasteiger partial charge >= 0.3 is 0 Å². The van der Waals surface area contributed by atoms with Gasteiger partial charge in [0, 0.05) is 12.1 Å². The number of nitro benzene ring substituents is 1. The molecular formula is C14H18N2O9. The van der Waals surface area contributed by atoms with Gasteiger partial charge in [0.2, 0.25) is 12.2 Å². The molecule has 1 aromatic rings. The SMILES string of the molecule is NC(=O)CO[C@H]1[C@@H](O)[C@@H](CO)O[C@H](Oc2ccc([N+](=O)[O-])cc2)[C@@H]1O. The number of ether oxygens (including phenoxy) is 3. The number of non-ortho nitro benzene ring substituents is 1. The Hall–Kier alpha value is -2.31. The molecule has 0 radical (unpaired) electrons. The lowest BCUT2D eigenvalue weighted by Gasteiger charge is -2.41. The van der Waals surface area contributed by atoms with Gasteiger partial charge in [-0.05, 0) is 12.1 Å². The number of carbonyl (C=O) groups excluding carboxylic acids is 1. The molecule has 0 spiro atoms. The van der Waals surface area contributed by atoms with Gasteiger partial charge in [0.15, 0.2) is 0 Å². The van der Waals surface area contributed by atoms with Crippen molar-refractivity contribution >= 4 is 11.6 Å². The van der Waals surface area contributed by atoms with Gasteiger partial charge < -0.3 is 35.3 Å². The third kappa shape index (κ3) is 4.61. The van der Waals surface area contributed by atoms with E-state index in [1.807, 2.05) is 0 Å². The number of nitrogens with two attached hydrogens (primary N) is 1. The normalized spacial score (nSPS) is 29.2. The molecule has 2 rings (SSSR count). The topological polar surface area (TPSA) is 175 Å². The molecule has 1 saturated heterocycles. The van der Waals surface area contributed by atoms with E-state index in [0.29, 0.717) is 0 Å². The summed E-state index contributed by atoms with van der Waals surface area (Å²) in [5.74, 6) is -0.657. The molecule has 1 aliphatic heterocycles. The zero-order chi connectivity index (χ0) is 18.6. The van der Waals surface area contributed by atoms with Gasteiger partial charge in [0.05, 0.1) is 11.5 Å². The first-order valence-electron chi connectivity index (χ1n) is 7.27. The maximum Gasteiger partial charge on any atom is 0.269 e. The first kappa shape index (κ1) is 19.0. The van der Waals surface area contributed by atoms with Crippen LogP contribution >= 0.6 is 0 Å². The summed E-state index contributed by atoms with van der Waals surface area (Å²) in [6.07, 6.45) is -6.70. The highest BCUT2D eigenvalue weighted by Crippen LogP contribution is 2.27. The minimum Gasteiger partial charge on any atom is -0.462 e. The highest BCUT2D eigenvalue weighted by atomic mass is 16.7. The van der Waals surface area contributed by atoms with Crippen LogP contribution in [0.15, 0.2) is 24.3 Å². The van der Waals surface area contributed by atoms with Gasteiger partial charge in [-0.25, -0.2) is 0 Å². The number of aliphatic hydroxyl groups excluding tert-OH is 3. The van der Waals surface area contributed by atoms with Crippen molar-refractivity contribution in [3.05, 3.63) is 34.4 Å². The van der Waals surface area contributed by atoms with E-state index in [4.69, 9.17) is 19.9 Å². The number of rotatable bonds is 7. The number of carbonyl (C=O) groups is 1. The molecule has 0 aromatic heterocycles. The Balaban J connectivity index is 2.12. The van der Waals surface area contributed by atoms with Crippen molar-refractivity contribution in [2.75, 3.05) is 13.2 Å². The summed E-state index contributed by atoms with van der Waals surface area (Å²) in [5, 5.41) is 40.2. The van der Waals surface area contributed by atoms with E-state index in [1.54, 1.807) is 0 Å². The molecule has 0 unspecified atom stereocenters. The summed E-state index contributed by atoms with van der Waals surface area (Å²) in [7, 11) is 0. The summed E-state index contributed by atoms with van der Waals surface area (Å²) < 4.78 is 15.8. The molecular weight excluding hydrogens is 340 g/mol. The van der Waals surface area contributed by atoms with Crippen molar-refractivity contribution in [2.45, 2.75) is 30.7 Å². The Labute approximate surface area is 141 Å². The van der Waals surface area contributed by atoms with Crippen molar-refractivity contribution in [3.8, 4) is 5.75 Å². The first-order valence-corrected chi connectivity index (χ1v) is 7.27. The zero-order valence-corrected chi connectivity index (χ0v) is 12.9. The van der Waals surface area contributed by atoms with Crippen molar-refractivity contribution in [2.24, 2.45) is 5.73 Å². The standard InChI is InChI=1S/C14H18N2O9/c15-10(18)6-23-13-11(19)9(5-17)25-14(12(13)20)24-8-3-1-7(2-4-8)16(21)22/h1-4,9,11-14,17,19-20H,5-6H2,(H2,15,18)/t9-,11+,12-,13+,14+/m1/s1. The number of nitro groups is 1. The monoisotopic (exact) mass is 358 g/mol. The number of hydrogen-bond donors (Lipinski definition) is 4. The van der Waals surface area contributed by atoms with E-state index in [0.717, 1.165) is 0 Å². The summed E-state index contributed by atoms with van der Waals surface area (Å²) in [6.45, 7) is -1.15. The fourth-order valence-electron chi connectivity index (χ4n) is 2.31. The molecule has 0 bridgehead atoms. The van der Waals surface area contributed by atoms with E-state index in [-0.39, 0.29) is 11.4 Å². The maximum absolute atomic E-state index is 10.8. The van der Waals surface area contributed by atoms with Gasteiger partial charge in [-0.3, -0.25) is 14.9 Å². The summed E-state index contributed by atoms with van der Waals surface area (Å²) in [6, 6.07) is 4.99. The molecule has 1 fully saturated rings. The fraction of sp³-hybridized carbons (Fsp3) is 0.500. The molecule has 1 aromatic carbocycles. The van der Waals surface area contributed by atoms with Gasteiger partial charge in [-0.2, -0.15) is 0 Å². The van der Waals surface area contributed by atoms with Gasteiger partial charge in [-0.1, -0.05) is 0 Å². The van der Waals surface area contributed by atoms with E-state index in [2.05, 4.69) is 0 Å². The Kier molecular flexibility index (Phi) is 6.22. The van der Waals surface area contributed by atoms with Crippen LogP contribution in [0, 0.1) is 10.1 Å². The number of amides is 1. The van der Waals surface area contributed by atoms with E-state index >= 15 is 0 Å². The Morgan fingerprint density at radius 2 is 1.92 bits per heavy atom. The molecule has 5 atom stereocenters. The molecule has 1 heterocycles. The Morgan fingerprint density at radius 1 is 1.28 bits per heavy atom. The van der Waals surface area contributed by atoms with Crippen LogP contribution in [0.5, 0.6) is 5.75 Å². The number of primary amides is 1. The smallest absolute Gasteiger partial charge is 0.269 e. The van der Waals surface area contributed by atoms with Gasteiger partial charge in [0.25, 0.3) is 5.69 Å². The average molecular weight is 358 g/mol. The third-order valence-corrected chi connectivity index (χ3v) is 3.54. The molecule has 1 amide bonds. The molecule has 5 N–H and O–H groups in total. The quantitative estimate of drug-likeness (QED) is 0.326. The summed E-state index contributed by atoms with van der Waals surface area (Å²) >= 11 is 0. The van der Waals surface area contributed by atoms with Crippen molar-refractivity contribution in [1.29, 1.82) is 0 Å². The summed E-state index contributed by atoms with van der Waals surface area (Å²) in [4.78, 5) is 20.9. The van der Waals surface area contributed by atoms with E-state index < -0.39 is 54.8 Å². The fourth-order valence-corrected chi connectivity index (χ4v) is 2.31. The largest absolute Gasteiger partial charge is 0.462 e. The Bertz CT molecular complexity index is 609. The molecule has 0 aliphatic carbocycles. The third-order valence-electron chi connectivity index (χ3n) is 3.54. The van der Waals surface area contributed by atoms with Crippen LogP contribution in [-0.4, -0.2) is 70.1 Å². The second-order valence-electron chi connectivity index (χ2n) is 5.32. The number of benzene rings is 1. The van der Waals surface area contributed by atoms with Crippen LogP contribution in [-0.2, 0) is 14.3 Å². The lowest BCUT2D eigenvalue weighted by atomic mass is 9.99. The van der Waals surface area contributed by atoms with Gasteiger partial charge in [0.1, 0.15) is 36.8 Å². The van der Waals surface area contributed by atoms with Crippen LogP contribution in [0.2, 0.25) is 0 Å². The van der Waals surface area contributed by atoms with Crippen molar-refractivity contribution in [3.63, 3.8) is 0 Å². The van der Waals surface area contributed by atoms with E-state index in [9.17, 15) is 30.2 Å². The molecule has 25 heavy (non-hydrogen) atoms. The van der Waals surface area contributed by atoms with Gasteiger partial charge in [-0.15, -0.1) is 0 Å². The van der Waals surface area contributed by atoms with Crippen LogP contribution < -0.4 is 10.5 Å². The lowest BCUT2D eigenvalue weighted by Crippen LogP contribution is -2.61. The highest BCUT2D eigenvalue weighted by molar-refractivity contribution is 5.75. The van der Waals surface area contributed by atoms with Crippen LogP contribution in [0.4, 0.5) is 5.69 Å². The van der Waals surface area contributed by atoms with Crippen molar-refractivity contribution in [1.82, 2.24) is 0 Å². The highest BCUT2D eigenvalue weighted by Gasteiger charge is 2.46. The van der Waals surface area contributed by atoms with Crippen LogP contribution in [0.3, 0.4) is 0 Å². The molecule has 11 nitrogen and oxygen atoms in total. The van der Waals surface area contributed by atoms with E-state index in [1.165, 1.54) is 24.3 Å². The number of aliphatic hydroxyl groups is 3. The molecule has 11 heteroatoms. The lowest BCUT2D eigenvalue weighted by molar-refractivity contribution is -0.384. The first-order chi connectivity index (χ1) is 11.8. The number of nitrogens with zero attached hydrogens (tertiary/aromatic N) is 1. The molecule has 1 aliphatic rings. The maximum atomic E-state index is 10.8. The summed E-state index contributed by atoms with van der Waals surface area (Å²) in [5.41, 5.74) is 4.82. The predicted octanol–water partition coefficient (Wildman–Crippen LogP) is -1.72. The Morgan fingerprint density at radius 3 is 2.44 bits per heavy atom. The van der Waals surface area contributed by atoms with Crippen molar-refractivity contribution < 1.29 is 39.2 Å². The zero-order valence-electron chi connectivity index (χ0n) is 12.9.